The van der Waals surface area contributed by atoms with Crippen molar-refractivity contribution in [3.8, 4) is 0 Å². The molecule has 1 atom stereocenters. The van der Waals surface area contributed by atoms with E-state index in [1.165, 1.54) is 0 Å². The molecule has 0 saturated carbocycles. The van der Waals surface area contributed by atoms with Crippen LogP contribution in [0.25, 0.3) is 0 Å². The first kappa shape index (κ1) is 19.5. The Morgan fingerprint density at radius 1 is 1.19 bits per heavy atom. The molecule has 1 aliphatic rings. The smallest absolute Gasteiger partial charge is 0.315 e. The Balaban J connectivity index is 1.56. The van der Waals surface area contributed by atoms with E-state index < -0.39 is 0 Å². The molecule has 7 heteroatoms. The van der Waals surface area contributed by atoms with Crippen molar-refractivity contribution in [2.45, 2.75) is 19.5 Å². The number of carbonyl (C=O) groups excluding carboxylic acids is 1. The van der Waals surface area contributed by atoms with E-state index in [0.717, 1.165) is 43.1 Å². The van der Waals surface area contributed by atoms with Crippen molar-refractivity contribution in [2.24, 2.45) is 0 Å². The number of rotatable bonds is 5. The molecule has 2 heterocycles. The maximum Gasteiger partial charge on any atom is 0.315 e. The fraction of sp³-hybridized carbons (Fsp3) is 0.400. The summed E-state index contributed by atoms with van der Waals surface area (Å²) in [7, 11) is 2.13. The van der Waals surface area contributed by atoms with Crippen molar-refractivity contribution >= 4 is 23.4 Å². The SMILES string of the molecule is CC(NC(=O)NCc1cccnc1N1CCN(C)CC1)c1ccc(Cl)cc1. The molecule has 0 bridgehead atoms. The number of halogens is 1. The van der Waals surface area contributed by atoms with Crippen molar-refractivity contribution in [1.82, 2.24) is 20.5 Å². The molecular formula is C20H26ClN5O. The van der Waals surface area contributed by atoms with Crippen LogP contribution in [0.2, 0.25) is 5.02 Å². The maximum absolute atomic E-state index is 12.3. The number of hydrogen-bond acceptors (Lipinski definition) is 4. The Hall–Kier alpha value is -2.31. The Kier molecular flexibility index (Phi) is 6.53. The molecule has 0 radical (unpaired) electrons. The highest BCUT2D eigenvalue weighted by atomic mass is 35.5. The fourth-order valence-electron chi connectivity index (χ4n) is 3.13. The van der Waals surface area contributed by atoms with Gasteiger partial charge in [0.2, 0.25) is 0 Å². The second-order valence-corrected chi connectivity index (χ2v) is 7.31. The summed E-state index contributed by atoms with van der Waals surface area (Å²) in [6, 6.07) is 11.1. The standard InChI is InChI=1S/C20H26ClN5O/c1-15(16-5-7-18(21)8-6-16)24-20(27)23-14-17-4-3-9-22-19(17)26-12-10-25(2)11-13-26/h3-9,15H,10-14H2,1-2H3,(H2,23,24,27). The van der Waals surface area contributed by atoms with Gasteiger partial charge in [-0.2, -0.15) is 0 Å². The van der Waals surface area contributed by atoms with Gasteiger partial charge in [-0.15, -0.1) is 0 Å². The van der Waals surface area contributed by atoms with Crippen LogP contribution < -0.4 is 15.5 Å². The zero-order valence-electron chi connectivity index (χ0n) is 15.8. The summed E-state index contributed by atoms with van der Waals surface area (Å²) in [4.78, 5) is 21.4. The first-order valence-electron chi connectivity index (χ1n) is 9.20. The van der Waals surface area contributed by atoms with Crippen LogP contribution in [0.1, 0.15) is 24.1 Å². The molecule has 2 amide bonds. The monoisotopic (exact) mass is 387 g/mol. The molecule has 1 unspecified atom stereocenters. The minimum atomic E-state index is -0.203. The summed E-state index contributed by atoms with van der Waals surface area (Å²) in [5.41, 5.74) is 2.03. The van der Waals surface area contributed by atoms with E-state index in [9.17, 15) is 4.79 Å². The van der Waals surface area contributed by atoms with Gasteiger partial charge < -0.3 is 20.4 Å². The van der Waals surface area contributed by atoms with Gasteiger partial charge in [-0.3, -0.25) is 0 Å². The molecule has 3 rings (SSSR count). The van der Waals surface area contributed by atoms with Crippen molar-refractivity contribution in [2.75, 3.05) is 38.1 Å². The van der Waals surface area contributed by atoms with Crippen LogP contribution in [0.15, 0.2) is 42.6 Å². The molecule has 6 nitrogen and oxygen atoms in total. The quantitative estimate of drug-likeness (QED) is 0.827. The summed E-state index contributed by atoms with van der Waals surface area (Å²) in [6.07, 6.45) is 1.81. The molecule has 144 valence electrons. The van der Waals surface area contributed by atoms with E-state index in [1.54, 1.807) is 6.20 Å². The van der Waals surface area contributed by atoms with E-state index in [4.69, 9.17) is 11.6 Å². The third-order valence-electron chi connectivity index (χ3n) is 4.83. The molecule has 2 N–H and O–H groups in total. The summed E-state index contributed by atoms with van der Waals surface area (Å²) in [6.45, 7) is 6.31. The van der Waals surface area contributed by atoms with E-state index in [0.29, 0.717) is 11.6 Å². The van der Waals surface area contributed by atoms with E-state index in [-0.39, 0.29) is 12.1 Å². The fourth-order valence-corrected chi connectivity index (χ4v) is 3.26. The first-order chi connectivity index (χ1) is 13.0. The number of piperazine rings is 1. The number of carbonyl (C=O) groups is 1. The normalized spacial score (nSPS) is 16.0. The number of pyridine rings is 1. The zero-order chi connectivity index (χ0) is 19.2. The van der Waals surface area contributed by atoms with Crippen LogP contribution in [-0.4, -0.2) is 49.1 Å². The number of nitrogens with zero attached hydrogens (tertiary/aromatic N) is 3. The number of urea groups is 1. The van der Waals surface area contributed by atoms with Gasteiger partial charge in [-0.25, -0.2) is 9.78 Å². The lowest BCUT2D eigenvalue weighted by molar-refractivity contribution is 0.237. The van der Waals surface area contributed by atoms with E-state index in [1.807, 2.05) is 43.3 Å². The maximum atomic E-state index is 12.3. The number of nitrogens with one attached hydrogen (secondary N) is 2. The van der Waals surface area contributed by atoms with Crippen LogP contribution in [0, 0.1) is 0 Å². The van der Waals surface area contributed by atoms with Crippen molar-refractivity contribution < 1.29 is 4.79 Å². The van der Waals surface area contributed by atoms with Gasteiger partial charge in [-0.1, -0.05) is 29.8 Å². The predicted molar refractivity (Wildman–Crippen MR) is 109 cm³/mol. The van der Waals surface area contributed by atoms with Crippen LogP contribution >= 0.6 is 11.6 Å². The number of benzene rings is 1. The second kappa shape index (κ2) is 9.06. The van der Waals surface area contributed by atoms with Gasteiger partial charge in [0, 0.05) is 49.5 Å². The average Bonchev–Trinajstić information content (AvgIpc) is 2.68. The minimum absolute atomic E-state index is 0.103. The number of hydrogen-bond donors (Lipinski definition) is 2. The summed E-state index contributed by atoms with van der Waals surface area (Å²) < 4.78 is 0. The molecule has 2 aromatic rings. The van der Waals surface area contributed by atoms with Crippen LogP contribution in [0.4, 0.5) is 10.6 Å². The van der Waals surface area contributed by atoms with Gasteiger partial charge in [0.1, 0.15) is 5.82 Å². The third kappa shape index (κ3) is 5.34. The molecule has 1 aromatic carbocycles. The van der Waals surface area contributed by atoms with Gasteiger partial charge >= 0.3 is 6.03 Å². The lowest BCUT2D eigenvalue weighted by atomic mass is 10.1. The van der Waals surface area contributed by atoms with E-state index >= 15 is 0 Å². The van der Waals surface area contributed by atoms with Gasteiger partial charge in [0.05, 0.1) is 6.04 Å². The summed E-state index contributed by atoms with van der Waals surface area (Å²) in [5, 5.41) is 6.59. The van der Waals surface area contributed by atoms with Crippen molar-refractivity contribution in [1.29, 1.82) is 0 Å². The number of anilines is 1. The molecule has 27 heavy (non-hydrogen) atoms. The highest BCUT2D eigenvalue weighted by molar-refractivity contribution is 6.30. The summed E-state index contributed by atoms with van der Waals surface area (Å²) >= 11 is 5.91. The lowest BCUT2D eigenvalue weighted by Gasteiger charge is -2.34. The Labute approximate surface area is 165 Å². The number of likely N-dealkylation sites (N-methyl/N-ethyl adjacent to an activating group) is 1. The molecule has 1 aliphatic heterocycles. The Morgan fingerprint density at radius 2 is 1.89 bits per heavy atom. The molecule has 1 saturated heterocycles. The second-order valence-electron chi connectivity index (χ2n) is 6.88. The van der Waals surface area contributed by atoms with Crippen molar-refractivity contribution in [3.05, 3.63) is 58.7 Å². The average molecular weight is 388 g/mol. The highest BCUT2D eigenvalue weighted by Gasteiger charge is 2.18. The summed E-state index contributed by atoms with van der Waals surface area (Å²) in [5.74, 6) is 0.955. The molecule has 0 spiro atoms. The van der Waals surface area contributed by atoms with Crippen molar-refractivity contribution in [3.63, 3.8) is 0 Å². The Morgan fingerprint density at radius 3 is 2.59 bits per heavy atom. The largest absolute Gasteiger partial charge is 0.354 e. The Bertz CT molecular complexity index is 759. The van der Waals surface area contributed by atoms with Crippen LogP contribution in [-0.2, 0) is 6.54 Å². The molecule has 0 aliphatic carbocycles. The topological polar surface area (TPSA) is 60.5 Å². The highest BCUT2D eigenvalue weighted by Crippen LogP contribution is 2.19. The zero-order valence-corrected chi connectivity index (χ0v) is 16.5. The molecule has 1 fully saturated rings. The lowest BCUT2D eigenvalue weighted by Crippen LogP contribution is -2.45. The minimum Gasteiger partial charge on any atom is -0.354 e. The first-order valence-corrected chi connectivity index (χ1v) is 9.58. The molecular weight excluding hydrogens is 362 g/mol. The van der Waals surface area contributed by atoms with Crippen LogP contribution in [0.5, 0.6) is 0 Å². The third-order valence-corrected chi connectivity index (χ3v) is 5.08. The number of aromatic nitrogens is 1. The predicted octanol–water partition coefficient (Wildman–Crippen LogP) is 3.05. The number of amides is 2. The van der Waals surface area contributed by atoms with Crippen LogP contribution in [0.3, 0.4) is 0 Å². The van der Waals surface area contributed by atoms with Gasteiger partial charge in [-0.05, 0) is 37.7 Å². The van der Waals surface area contributed by atoms with Gasteiger partial charge in [0.25, 0.3) is 0 Å². The van der Waals surface area contributed by atoms with E-state index in [2.05, 4.69) is 32.5 Å². The molecule has 1 aromatic heterocycles. The van der Waals surface area contributed by atoms with Gasteiger partial charge in [0.15, 0.2) is 0 Å².